The number of ether oxygens (including phenoxy) is 1. The Balaban J connectivity index is 1.56. The topological polar surface area (TPSA) is 115 Å². The van der Waals surface area contributed by atoms with Crippen LogP contribution in [0.1, 0.15) is 12.0 Å². The highest BCUT2D eigenvalue weighted by atomic mass is 32.2. The standard InChI is InChI=1S/C23H22FN3O6S2/c1-33-22(30)12-27-18-9-8-16(24)11-19(18)34-23(27)25-20(28)13-35(31,32)14-21(29)26-10-4-6-15-5-2-3-7-17(15)26/h2-3,5,7-9,11H,4,6,10,12-14H2,1H3. The molecule has 35 heavy (non-hydrogen) atoms. The Bertz CT molecular complexity index is 1490. The molecule has 1 aliphatic heterocycles. The van der Waals surface area contributed by atoms with E-state index in [1.807, 2.05) is 12.1 Å². The summed E-state index contributed by atoms with van der Waals surface area (Å²) in [6.45, 7) is 0.101. The van der Waals surface area contributed by atoms with E-state index < -0.39 is 44.9 Å². The van der Waals surface area contributed by atoms with Gasteiger partial charge in [-0.3, -0.25) is 14.4 Å². The number of methoxy groups -OCH3 is 1. The van der Waals surface area contributed by atoms with Crippen molar-refractivity contribution in [1.29, 1.82) is 0 Å². The van der Waals surface area contributed by atoms with Crippen LogP contribution in [-0.2, 0) is 41.9 Å². The molecule has 0 bridgehead atoms. The van der Waals surface area contributed by atoms with Gasteiger partial charge in [0.25, 0.3) is 5.91 Å². The van der Waals surface area contributed by atoms with Crippen molar-refractivity contribution in [3.63, 3.8) is 0 Å². The number of sulfone groups is 1. The number of para-hydroxylation sites is 1. The van der Waals surface area contributed by atoms with Crippen LogP contribution in [0, 0.1) is 5.82 Å². The van der Waals surface area contributed by atoms with E-state index >= 15 is 0 Å². The number of aromatic nitrogens is 1. The molecule has 2 amide bonds. The van der Waals surface area contributed by atoms with Crippen LogP contribution in [0.15, 0.2) is 47.5 Å². The van der Waals surface area contributed by atoms with E-state index in [1.54, 1.807) is 12.1 Å². The number of fused-ring (bicyclic) bond motifs is 2. The van der Waals surface area contributed by atoms with Crippen LogP contribution < -0.4 is 9.70 Å². The SMILES string of the molecule is COC(=O)Cn1c(=NC(=O)CS(=O)(=O)CC(=O)N2CCCc3ccccc32)sc2cc(F)ccc21. The smallest absolute Gasteiger partial charge is 0.325 e. The minimum absolute atomic E-state index is 0.0208. The van der Waals surface area contributed by atoms with Crippen LogP contribution in [0.2, 0.25) is 0 Å². The molecule has 184 valence electrons. The summed E-state index contributed by atoms with van der Waals surface area (Å²) in [6, 6.07) is 11.2. The highest BCUT2D eigenvalue weighted by Crippen LogP contribution is 2.27. The summed E-state index contributed by atoms with van der Waals surface area (Å²) in [5, 5.41) is 0. The lowest BCUT2D eigenvalue weighted by atomic mass is 10.0. The zero-order chi connectivity index (χ0) is 25.2. The van der Waals surface area contributed by atoms with Crippen LogP contribution in [0.3, 0.4) is 0 Å². The van der Waals surface area contributed by atoms with Gasteiger partial charge in [-0.05, 0) is 42.7 Å². The zero-order valence-electron chi connectivity index (χ0n) is 18.8. The van der Waals surface area contributed by atoms with E-state index in [0.717, 1.165) is 23.3 Å². The average molecular weight is 520 g/mol. The quantitative estimate of drug-likeness (QED) is 0.459. The van der Waals surface area contributed by atoms with Gasteiger partial charge in [0.2, 0.25) is 5.91 Å². The maximum Gasteiger partial charge on any atom is 0.325 e. The number of carbonyl (C=O) groups is 3. The number of nitrogens with zero attached hydrogens (tertiary/aromatic N) is 3. The molecule has 0 N–H and O–H groups in total. The summed E-state index contributed by atoms with van der Waals surface area (Å²) in [4.78, 5) is 42.5. The molecule has 0 atom stereocenters. The third-order valence-electron chi connectivity index (χ3n) is 5.48. The molecule has 0 unspecified atom stereocenters. The Labute approximate surface area is 204 Å². The van der Waals surface area contributed by atoms with E-state index in [0.29, 0.717) is 28.9 Å². The zero-order valence-corrected chi connectivity index (χ0v) is 20.4. The molecule has 0 fully saturated rings. The number of thiazole rings is 1. The van der Waals surface area contributed by atoms with Crippen molar-refractivity contribution in [2.75, 3.05) is 30.1 Å². The Morgan fingerprint density at radius 2 is 1.91 bits per heavy atom. The number of carbonyl (C=O) groups excluding carboxylic acids is 3. The molecule has 9 nitrogen and oxygen atoms in total. The van der Waals surface area contributed by atoms with Gasteiger partial charge in [0.15, 0.2) is 14.6 Å². The van der Waals surface area contributed by atoms with Crippen LogP contribution in [0.25, 0.3) is 10.2 Å². The minimum Gasteiger partial charge on any atom is -0.468 e. The second-order valence-electron chi connectivity index (χ2n) is 7.97. The van der Waals surface area contributed by atoms with E-state index in [9.17, 15) is 27.2 Å². The lowest BCUT2D eigenvalue weighted by Gasteiger charge is -2.29. The van der Waals surface area contributed by atoms with Crippen molar-refractivity contribution in [3.8, 4) is 0 Å². The highest BCUT2D eigenvalue weighted by molar-refractivity contribution is 7.92. The monoisotopic (exact) mass is 519 g/mol. The molecule has 1 aliphatic rings. The maximum atomic E-state index is 13.7. The maximum absolute atomic E-state index is 13.7. The van der Waals surface area contributed by atoms with E-state index in [-0.39, 0.29) is 11.3 Å². The fourth-order valence-electron chi connectivity index (χ4n) is 3.92. The number of aryl methyl sites for hydroxylation is 1. The molecule has 0 spiro atoms. The highest BCUT2D eigenvalue weighted by Gasteiger charge is 2.28. The van der Waals surface area contributed by atoms with E-state index in [2.05, 4.69) is 9.73 Å². The second-order valence-corrected chi connectivity index (χ2v) is 11.0. The van der Waals surface area contributed by atoms with E-state index in [4.69, 9.17) is 0 Å². The number of hydrogen-bond acceptors (Lipinski definition) is 7. The molecule has 1 aromatic heterocycles. The van der Waals surface area contributed by atoms with Gasteiger partial charge in [-0.15, -0.1) is 0 Å². The Morgan fingerprint density at radius 3 is 2.69 bits per heavy atom. The predicted molar refractivity (Wildman–Crippen MR) is 128 cm³/mol. The van der Waals surface area contributed by atoms with Crippen molar-refractivity contribution < 1.29 is 31.9 Å². The first-order valence-electron chi connectivity index (χ1n) is 10.7. The van der Waals surface area contributed by atoms with Crippen molar-refractivity contribution in [2.45, 2.75) is 19.4 Å². The molecular formula is C23H22FN3O6S2. The van der Waals surface area contributed by atoms with Crippen molar-refractivity contribution in [2.24, 2.45) is 4.99 Å². The van der Waals surface area contributed by atoms with Crippen molar-refractivity contribution in [1.82, 2.24) is 4.57 Å². The molecule has 0 aliphatic carbocycles. The normalized spacial score (nSPS) is 14.1. The molecule has 0 saturated heterocycles. The Kier molecular flexibility index (Phi) is 7.13. The van der Waals surface area contributed by atoms with Gasteiger partial charge in [-0.1, -0.05) is 29.5 Å². The van der Waals surface area contributed by atoms with Gasteiger partial charge in [0.1, 0.15) is 23.9 Å². The lowest BCUT2D eigenvalue weighted by molar-refractivity contribution is -0.141. The van der Waals surface area contributed by atoms with Crippen LogP contribution >= 0.6 is 11.3 Å². The molecule has 0 radical (unpaired) electrons. The van der Waals surface area contributed by atoms with Crippen molar-refractivity contribution in [3.05, 3.63) is 58.6 Å². The minimum atomic E-state index is -4.12. The summed E-state index contributed by atoms with van der Waals surface area (Å²) < 4.78 is 45.4. The molecular weight excluding hydrogens is 497 g/mol. The fourth-order valence-corrected chi connectivity index (χ4v) is 6.06. The van der Waals surface area contributed by atoms with Gasteiger partial charge >= 0.3 is 5.97 Å². The van der Waals surface area contributed by atoms with Gasteiger partial charge in [0.05, 0.1) is 17.3 Å². The van der Waals surface area contributed by atoms with Crippen LogP contribution in [-0.4, -0.2) is 55.9 Å². The molecule has 2 heterocycles. The number of anilines is 1. The number of amides is 2. The number of hydrogen-bond donors (Lipinski definition) is 0. The molecule has 3 aromatic rings. The molecule has 4 rings (SSSR count). The van der Waals surface area contributed by atoms with E-state index in [1.165, 1.54) is 34.8 Å². The average Bonchev–Trinajstić information content (AvgIpc) is 3.13. The number of rotatable bonds is 6. The van der Waals surface area contributed by atoms with Crippen LogP contribution in [0.5, 0.6) is 0 Å². The Hall–Kier alpha value is -3.38. The third-order valence-corrected chi connectivity index (χ3v) is 7.89. The van der Waals surface area contributed by atoms with Gasteiger partial charge in [-0.25, -0.2) is 12.8 Å². The summed E-state index contributed by atoms with van der Waals surface area (Å²) in [5.41, 5.74) is 2.08. The first-order valence-corrected chi connectivity index (χ1v) is 13.3. The number of halogens is 1. The molecule has 12 heteroatoms. The summed E-state index contributed by atoms with van der Waals surface area (Å²) in [7, 11) is -2.92. The summed E-state index contributed by atoms with van der Waals surface area (Å²) in [5.74, 6) is -4.55. The third kappa shape index (κ3) is 5.65. The largest absolute Gasteiger partial charge is 0.468 e. The summed E-state index contributed by atoms with van der Waals surface area (Å²) in [6.07, 6.45) is 1.51. The molecule has 2 aromatic carbocycles. The first-order chi connectivity index (χ1) is 16.7. The fraction of sp³-hybridized carbons (Fsp3) is 0.304. The van der Waals surface area contributed by atoms with Gasteiger partial charge in [-0.2, -0.15) is 4.99 Å². The Morgan fingerprint density at radius 1 is 1.14 bits per heavy atom. The predicted octanol–water partition coefficient (Wildman–Crippen LogP) is 1.84. The first kappa shape index (κ1) is 24.7. The number of benzene rings is 2. The second kappa shape index (κ2) is 10.1. The molecule has 0 saturated carbocycles. The van der Waals surface area contributed by atoms with Gasteiger partial charge < -0.3 is 14.2 Å². The summed E-state index contributed by atoms with van der Waals surface area (Å²) >= 11 is 0.931. The van der Waals surface area contributed by atoms with Crippen LogP contribution in [0.4, 0.5) is 10.1 Å². The lowest BCUT2D eigenvalue weighted by Crippen LogP contribution is -2.40. The van der Waals surface area contributed by atoms with Gasteiger partial charge in [0, 0.05) is 12.2 Å². The van der Waals surface area contributed by atoms with Crippen molar-refractivity contribution >= 4 is 54.9 Å². The number of esters is 1.